The zero-order chi connectivity index (χ0) is 17.8. The first-order valence-electron chi connectivity index (χ1n) is 8.17. The summed E-state index contributed by atoms with van der Waals surface area (Å²) in [7, 11) is 2.14. The van der Waals surface area contributed by atoms with Gasteiger partial charge in [-0.1, -0.05) is 24.0 Å². The molecule has 0 radical (unpaired) electrons. The lowest BCUT2D eigenvalue weighted by atomic mass is 10.3. The molecule has 0 spiro atoms. The Morgan fingerprint density at radius 2 is 2.24 bits per heavy atom. The van der Waals surface area contributed by atoms with Gasteiger partial charge >= 0.3 is 0 Å². The maximum absolute atomic E-state index is 12.4. The second kappa shape index (κ2) is 8.13. The van der Waals surface area contributed by atoms with E-state index in [1.54, 1.807) is 24.5 Å². The summed E-state index contributed by atoms with van der Waals surface area (Å²) in [5.74, 6) is 0.335. The molecule has 0 aliphatic carbocycles. The topological polar surface area (TPSA) is 70.2 Å². The Bertz CT molecular complexity index is 682. The number of hydrazine groups is 1. The summed E-state index contributed by atoms with van der Waals surface area (Å²) in [6.07, 6.45) is 3.45. The van der Waals surface area contributed by atoms with Crippen LogP contribution in [0.4, 0.5) is 0 Å². The van der Waals surface area contributed by atoms with Crippen molar-refractivity contribution in [2.75, 3.05) is 39.8 Å². The molecule has 9 heteroatoms. The smallest absolute Gasteiger partial charge is 0.266 e. The van der Waals surface area contributed by atoms with Crippen LogP contribution < -0.4 is 10.3 Å². The molecule has 0 saturated carbocycles. The summed E-state index contributed by atoms with van der Waals surface area (Å²) in [4.78, 5) is 28.0. The highest BCUT2D eigenvalue weighted by atomic mass is 32.2. The Labute approximate surface area is 156 Å². The SMILES string of the molecule is C[NH+]1CCN(NC(=O)CCN2C(=O)/C(=C\c3ccco3)SC2=S)CC1. The number of nitrogens with zero attached hydrogens (tertiary/aromatic N) is 2. The van der Waals surface area contributed by atoms with E-state index in [4.69, 9.17) is 16.6 Å². The Morgan fingerprint density at radius 3 is 2.92 bits per heavy atom. The van der Waals surface area contributed by atoms with E-state index in [2.05, 4.69) is 12.5 Å². The fraction of sp³-hybridized carbons (Fsp3) is 0.438. The Hall–Kier alpha value is -1.68. The lowest BCUT2D eigenvalue weighted by Gasteiger charge is -2.30. The molecular weight excluding hydrogens is 360 g/mol. The van der Waals surface area contributed by atoms with Crippen LogP contribution in [0.2, 0.25) is 0 Å². The quantitative estimate of drug-likeness (QED) is 0.541. The van der Waals surface area contributed by atoms with Gasteiger partial charge in [0, 0.05) is 19.0 Å². The molecule has 2 N–H and O–H groups in total. The van der Waals surface area contributed by atoms with Crippen molar-refractivity contribution in [2.45, 2.75) is 6.42 Å². The van der Waals surface area contributed by atoms with Crippen molar-refractivity contribution in [3.63, 3.8) is 0 Å². The molecule has 2 aliphatic heterocycles. The number of thioether (sulfide) groups is 1. The van der Waals surface area contributed by atoms with E-state index in [0.717, 1.165) is 26.2 Å². The fourth-order valence-electron chi connectivity index (χ4n) is 2.64. The summed E-state index contributed by atoms with van der Waals surface area (Å²) in [5, 5.41) is 1.94. The second-order valence-electron chi connectivity index (χ2n) is 6.08. The molecule has 0 aromatic carbocycles. The average Bonchev–Trinajstić information content (AvgIpc) is 3.18. The predicted octanol–water partition coefficient (Wildman–Crippen LogP) is -0.268. The van der Waals surface area contributed by atoms with Crippen molar-refractivity contribution in [1.29, 1.82) is 0 Å². The first-order chi connectivity index (χ1) is 12.0. The molecule has 134 valence electrons. The highest BCUT2D eigenvalue weighted by Gasteiger charge is 2.32. The van der Waals surface area contributed by atoms with Crippen molar-refractivity contribution in [3.8, 4) is 0 Å². The van der Waals surface area contributed by atoms with Crippen LogP contribution in [-0.2, 0) is 9.59 Å². The van der Waals surface area contributed by atoms with Gasteiger partial charge < -0.3 is 9.32 Å². The number of quaternary nitrogens is 1. The van der Waals surface area contributed by atoms with E-state index in [0.29, 0.717) is 15.0 Å². The minimum Gasteiger partial charge on any atom is -0.465 e. The zero-order valence-corrected chi connectivity index (χ0v) is 15.6. The molecule has 3 heterocycles. The first kappa shape index (κ1) is 18.1. The van der Waals surface area contributed by atoms with Crippen LogP contribution in [0.3, 0.4) is 0 Å². The zero-order valence-electron chi connectivity index (χ0n) is 14.0. The van der Waals surface area contributed by atoms with Crippen molar-refractivity contribution in [3.05, 3.63) is 29.1 Å². The first-order valence-corrected chi connectivity index (χ1v) is 9.40. The van der Waals surface area contributed by atoms with E-state index in [-0.39, 0.29) is 24.8 Å². The van der Waals surface area contributed by atoms with Gasteiger partial charge in [0.2, 0.25) is 5.91 Å². The standard InChI is InChI=1S/C16H20N4O3S2/c1-18-6-8-19(9-7-18)17-14(21)4-5-20-15(22)13(25-16(20)24)11-12-3-2-10-23-12/h2-3,10-11H,4-9H2,1H3,(H,17,21)/p+1/b13-11+. The third kappa shape index (κ3) is 4.69. The van der Waals surface area contributed by atoms with Crippen LogP contribution in [0.5, 0.6) is 0 Å². The van der Waals surface area contributed by atoms with Crippen molar-refractivity contribution in [1.82, 2.24) is 15.3 Å². The summed E-state index contributed by atoms with van der Waals surface area (Å²) >= 11 is 6.50. The number of hydrogen-bond acceptors (Lipinski definition) is 6. The van der Waals surface area contributed by atoms with Gasteiger partial charge in [-0.25, -0.2) is 5.01 Å². The van der Waals surface area contributed by atoms with Gasteiger partial charge in [0.15, 0.2) is 0 Å². The van der Waals surface area contributed by atoms with Crippen molar-refractivity contribution < 1.29 is 18.9 Å². The third-order valence-corrected chi connectivity index (χ3v) is 5.53. The van der Waals surface area contributed by atoms with E-state index in [1.807, 2.05) is 5.01 Å². The molecule has 0 atom stereocenters. The molecule has 0 bridgehead atoms. The molecular formula is C16H21N4O3S2+. The molecule has 1 aromatic heterocycles. The molecule has 1 aromatic rings. The van der Waals surface area contributed by atoms with E-state index in [1.165, 1.54) is 21.6 Å². The molecule has 25 heavy (non-hydrogen) atoms. The number of hydrogen-bond donors (Lipinski definition) is 2. The third-order valence-electron chi connectivity index (χ3n) is 4.15. The van der Waals surface area contributed by atoms with Gasteiger partial charge in [0.25, 0.3) is 5.91 Å². The minimum atomic E-state index is -0.178. The number of nitrogens with one attached hydrogen (secondary N) is 2. The molecule has 7 nitrogen and oxygen atoms in total. The number of furan rings is 1. The summed E-state index contributed by atoms with van der Waals surface area (Å²) in [5.41, 5.74) is 2.90. The van der Waals surface area contributed by atoms with Crippen LogP contribution in [0.25, 0.3) is 6.08 Å². The summed E-state index contributed by atoms with van der Waals surface area (Å²) in [6, 6.07) is 3.54. The van der Waals surface area contributed by atoms with Gasteiger partial charge in [-0.15, -0.1) is 0 Å². The molecule has 3 rings (SSSR count). The lowest BCUT2D eigenvalue weighted by Crippen LogP contribution is -3.12. The maximum Gasteiger partial charge on any atom is 0.266 e. The number of carbonyl (C=O) groups excluding carboxylic acids is 2. The Balaban J connectivity index is 1.50. The highest BCUT2D eigenvalue weighted by Crippen LogP contribution is 2.32. The Morgan fingerprint density at radius 1 is 1.48 bits per heavy atom. The maximum atomic E-state index is 12.4. The summed E-state index contributed by atoms with van der Waals surface area (Å²) in [6.45, 7) is 3.97. The number of amides is 2. The van der Waals surface area contributed by atoms with Crippen LogP contribution in [-0.4, -0.2) is 65.8 Å². The normalized spacial score (nSPS) is 21.3. The molecule has 2 aliphatic rings. The lowest BCUT2D eigenvalue weighted by molar-refractivity contribution is -0.884. The average molecular weight is 382 g/mol. The second-order valence-corrected chi connectivity index (χ2v) is 7.75. The van der Waals surface area contributed by atoms with E-state index < -0.39 is 0 Å². The molecule has 2 fully saturated rings. The number of likely N-dealkylation sites (N-methyl/N-ethyl adjacent to an activating group) is 1. The number of piperazine rings is 1. The Kier molecular flexibility index (Phi) is 5.89. The number of thiocarbonyl (C=S) groups is 1. The largest absolute Gasteiger partial charge is 0.465 e. The minimum absolute atomic E-state index is 0.0939. The van der Waals surface area contributed by atoms with Crippen molar-refractivity contribution in [2.24, 2.45) is 0 Å². The molecule has 2 saturated heterocycles. The fourth-order valence-corrected chi connectivity index (χ4v) is 3.93. The van der Waals surface area contributed by atoms with Gasteiger partial charge in [0.1, 0.15) is 10.1 Å². The summed E-state index contributed by atoms with van der Waals surface area (Å²) < 4.78 is 5.70. The molecule has 2 amide bonds. The van der Waals surface area contributed by atoms with Gasteiger partial charge in [-0.3, -0.25) is 19.9 Å². The number of carbonyl (C=O) groups is 2. The van der Waals surface area contributed by atoms with Crippen LogP contribution in [0.1, 0.15) is 12.2 Å². The van der Waals surface area contributed by atoms with Gasteiger partial charge in [-0.2, -0.15) is 0 Å². The van der Waals surface area contributed by atoms with Crippen LogP contribution in [0.15, 0.2) is 27.7 Å². The van der Waals surface area contributed by atoms with Crippen LogP contribution in [0, 0.1) is 0 Å². The number of rotatable bonds is 5. The van der Waals surface area contributed by atoms with Gasteiger partial charge in [-0.05, 0) is 12.1 Å². The molecule has 0 unspecified atom stereocenters. The monoisotopic (exact) mass is 381 g/mol. The van der Waals surface area contributed by atoms with E-state index >= 15 is 0 Å². The predicted molar refractivity (Wildman–Crippen MR) is 99.5 cm³/mol. The van der Waals surface area contributed by atoms with Gasteiger partial charge in [0.05, 0.1) is 44.4 Å². The van der Waals surface area contributed by atoms with Crippen molar-refractivity contribution >= 4 is 46.2 Å². The van der Waals surface area contributed by atoms with Crippen LogP contribution >= 0.6 is 24.0 Å². The van der Waals surface area contributed by atoms with E-state index in [9.17, 15) is 9.59 Å². The highest BCUT2D eigenvalue weighted by molar-refractivity contribution is 8.26.